The Hall–Kier alpha value is -1.76. The molecule has 1 unspecified atom stereocenters. The van der Waals surface area contributed by atoms with E-state index in [1.165, 1.54) is 6.07 Å². The second-order valence-corrected chi connectivity index (χ2v) is 5.85. The topological polar surface area (TPSA) is 55.9 Å². The van der Waals surface area contributed by atoms with Gasteiger partial charge in [0, 0.05) is 29.2 Å². The number of aromatic nitrogens is 2. The number of nitrogens with two attached hydrogens (primary N) is 1. The smallest absolute Gasteiger partial charge is 0.124 e. The van der Waals surface area contributed by atoms with Crippen LogP contribution in [-0.4, -0.2) is 9.78 Å². The number of aryl methyl sites for hydroxylation is 1. The van der Waals surface area contributed by atoms with Crippen LogP contribution >= 0.6 is 11.3 Å². The lowest BCUT2D eigenvalue weighted by Crippen LogP contribution is -2.29. The molecule has 0 aliphatic rings. The van der Waals surface area contributed by atoms with Gasteiger partial charge in [0.1, 0.15) is 5.82 Å². The van der Waals surface area contributed by atoms with Crippen LogP contribution in [0, 0.1) is 5.82 Å². The predicted octanol–water partition coefficient (Wildman–Crippen LogP) is 2.52. The first-order valence-electron chi connectivity index (χ1n) is 6.29. The molecule has 3 aromatic rings. The lowest BCUT2D eigenvalue weighted by Gasteiger charge is -2.12. The third kappa shape index (κ3) is 2.58. The summed E-state index contributed by atoms with van der Waals surface area (Å²) in [4.78, 5) is 1.08. The molecule has 0 saturated carbocycles. The molecule has 2 aromatic heterocycles. The maximum absolute atomic E-state index is 13.2. The summed E-state index contributed by atoms with van der Waals surface area (Å²) in [5.41, 5.74) is 3.79. The van der Waals surface area contributed by atoms with E-state index in [-0.39, 0.29) is 11.9 Å². The van der Waals surface area contributed by atoms with Crippen molar-refractivity contribution in [3.8, 4) is 0 Å². The van der Waals surface area contributed by atoms with Gasteiger partial charge in [0.2, 0.25) is 0 Å². The van der Waals surface area contributed by atoms with Gasteiger partial charge in [-0.25, -0.2) is 4.39 Å². The van der Waals surface area contributed by atoms with Gasteiger partial charge in [-0.05, 0) is 29.7 Å². The zero-order valence-corrected chi connectivity index (χ0v) is 11.8. The maximum Gasteiger partial charge on any atom is 0.124 e. The Morgan fingerprint density at radius 2 is 2.25 bits per heavy atom. The van der Waals surface area contributed by atoms with Gasteiger partial charge in [0.15, 0.2) is 0 Å². The van der Waals surface area contributed by atoms with Crippen LogP contribution in [0.25, 0.3) is 10.1 Å². The van der Waals surface area contributed by atoms with Crippen LogP contribution in [0.1, 0.15) is 16.6 Å². The highest BCUT2D eigenvalue weighted by atomic mass is 32.1. The number of benzene rings is 1. The minimum absolute atomic E-state index is 0.0228. The number of thiophene rings is 1. The third-order valence-electron chi connectivity index (χ3n) is 3.23. The van der Waals surface area contributed by atoms with Crippen molar-refractivity contribution in [2.75, 3.05) is 0 Å². The van der Waals surface area contributed by atoms with Crippen molar-refractivity contribution in [2.24, 2.45) is 12.9 Å². The Morgan fingerprint density at radius 1 is 1.40 bits per heavy atom. The van der Waals surface area contributed by atoms with Crippen molar-refractivity contribution < 1.29 is 4.39 Å². The predicted molar refractivity (Wildman–Crippen MR) is 78.8 cm³/mol. The van der Waals surface area contributed by atoms with Gasteiger partial charge in [-0.3, -0.25) is 16.0 Å². The summed E-state index contributed by atoms with van der Waals surface area (Å²) in [6.45, 7) is 0. The molecule has 104 valence electrons. The fourth-order valence-corrected chi connectivity index (χ4v) is 3.37. The fourth-order valence-electron chi connectivity index (χ4n) is 2.22. The second kappa shape index (κ2) is 5.32. The first kappa shape index (κ1) is 13.2. The van der Waals surface area contributed by atoms with E-state index in [2.05, 4.69) is 10.5 Å². The molecule has 4 nitrogen and oxygen atoms in total. The molecule has 0 spiro atoms. The Bertz CT molecular complexity index is 734. The van der Waals surface area contributed by atoms with E-state index in [4.69, 9.17) is 5.84 Å². The second-order valence-electron chi connectivity index (χ2n) is 4.74. The molecule has 1 atom stereocenters. The Balaban J connectivity index is 1.90. The molecule has 0 fully saturated rings. The molecule has 6 heteroatoms. The largest absolute Gasteiger partial charge is 0.276 e. The van der Waals surface area contributed by atoms with E-state index >= 15 is 0 Å². The van der Waals surface area contributed by atoms with Crippen LogP contribution in [-0.2, 0) is 13.5 Å². The summed E-state index contributed by atoms with van der Waals surface area (Å²) in [5.74, 6) is 5.44. The van der Waals surface area contributed by atoms with Gasteiger partial charge in [-0.1, -0.05) is 6.07 Å². The number of nitrogens with one attached hydrogen (secondary N) is 1. The zero-order valence-electron chi connectivity index (χ0n) is 11.0. The van der Waals surface area contributed by atoms with Crippen LogP contribution in [0.4, 0.5) is 4.39 Å². The van der Waals surface area contributed by atoms with Gasteiger partial charge in [0.05, 0.1) is 11.7 Å². The standard InChI is InChI=1S/C14H15FN4S/c1-19-5-4-11(18-19)8-12(17-16)14-6-9-2-3-10(15)7-13(9)20-14/h2-7,12,17H,8,16H2,1H3. The van der Waals surface area contributed by atoms with Gasteiger partial charge in [0.25, 0.3) is 0 Å². The van der Waals surface area contributed by atoms with Crippen molar-refractivity contribution >= 4 is 21.4 Å². The molecule has 0 radical (unpaired) electrons. The van der Waals surface area contributed by atoms with Crippen LogP contribution in [0.3, 0.4) is 0 Å². The summed E-state index contributed by atoms with van der Waals surface area (Å²) in [6, 6.07) is 8.81. The average Bonchev–Trinajstić information content (AvgIpc) is 3.01. The van der Waals surface area contributed by atoms with Crippen molar-refractivity contribution in [2.45, 2.75) is 12.5 Å². The van der Waals surface area contributed by atoms with E-state index in [1.807, 2.05) is 25.4 Å². The lowest BCUT2D eigenvalue weighted by atomic mass is 10.1. The third-order valence-corrected chi connectivity index (χ3v) is 4.44. The number of hydrogen-bond acceptors (Lipinski definition) is 4. The SMILES string of the molecule is Cn1ccc(CC(NN)c2cc3ccc(F)cc3s2)n1. The van der Waals surface area contributed by atoms with E-state index in [1.54, 1.807) is 28.2 Å². The highest BCUT2D eigenvalue weighted by Gasteiger charge is 2.15. The van der Waals surface area contributed by atoms with Crippen LogP contribution in [0.5, 0.6) is 0 Å². The molecule has 20 heavy (non-hydrogen) atoms. The normalized spacial score (nSPS) is 12.9. The summed E-state index contributed by atoms with van der Waals surface area (Å²) in [7, 11) is 1.89. The first-order valence-corrected chi connectivity index (χ1v) is 7.11. The first-order chi connectivity index (χ1) is 9.65. The van der Waals surface area contributed by atoms with Crippen molar-refractivity contribution in [1.29, 1.82) is 0 Å². The van der Waals surface area contributed by atoms with Crippen molar-refractivity contribution in [1.82, 2.24) is 15.2 Å². The van der Waals surface area contributed by atoms with Crippen LogP contribution in [0.2, 0.25) is 0 Å². The minimum Gasteiger partial charge on any atom is -0.276 e. The van der Waals surface area contributed by atoms with E-state index in [0.29, 0.717) is 6.42 Å². The molecule has 3 rings (SSSR count). The highest BCUT2D eigenvalue weighted by Crippen LogP contribution is 2.31. The molecule has 0 aliphatic carbocycles. The van der Waals surface area contributed by atoms with Gasteiger partial charge in [-0.2, -0.15) is 5.10 Å². The van der Waals surface area contributed by atoms with Crippen LogP contribution < -0.4 is 11.3 Å². The molecular weight excluding hydrogens is 275 g/mol. The quantitative estimate of drug-likeness (QED) is 0.573. The lowest BCUT2D eigenvalue weighted by molar-refractivity contribution is 0.549. The molecule has 0 aliphatic heterocycles. The average molecular weight is 290 g/mol. The molecule has 2 heterocycles. The molecule has 3 N–H and O–H groups in total. The number of nitrogens with zero attached hydrogens (tertiary/aromatic N) is 2. The zero-order chi connectivity index (χ0) is 14.1. The number of hydrazine groups is 1. The highest BCUT2D eigenvalue weighted by molar-refractivity contribution is 7.19. The van der Waals surface area contributed by atoms with Crippen molar-refractivity contribution in [3.05, 3.63) is 52.9 Å². The molecule has 0 bridgehead atoms. The van der Waals surface area contributed by atoms with E-state index in [9.17, 15) is 4.39 Å². The Kier molecular flexibility index (Phi) is 3.52. The molecule has 0 saturated heterocycles. The molecule has 1 aromatic carbocycles. The van der Waals surface area contributed by atoms with Crippen molar-refractivity contribution in [3.63, 3.8) is 0 Å². The van der Waals surface area contributed by atoms with Crippen LogP contribution in [0.15, 0.2) is 36.5 Å². The minimum atomic E-state index is -0.215. The number of fused-ring (bicyclic) bond motifs is 1. The Labute approximate surface area is 120 Å². The number of halogens is 1. The molecule has 0 amide bonds. The fraction of sp³-hybridized carbons (Fsp3) is 0.214. The number of rotatable bonds is 4. The number of hydrogen-bond donors (Lipinski definition) is 2. The van der Waals surface area contributed by atoms with Gasteiger partial charge in [-0.15, -0.1) is 11.3 Å². The molecular formula is C14H15FN4S. The van der Waals surface area contributed by atoms with Gasteiger partial charge >= 0.3 is 0 Å². The summed E-state index contributed by atoms with van der Waals surface area (Å²) < 4.78 is 15.9. The maximum atomic E-state index is 13.2. The van der Waals surface area contributed by atoms with E-state index in [0.717, 1.165) is 20.7 Å². The monoisotopic (exact) mass is 290 g/mol. The van der Waals surface area contributed by atoms with E-state index < -0.39 is 0 Å². The summed E-state index contributed by atoms with van der Waals surface area (Å²) in [6.07, 6.45) is 2.61. The van der Waals surface area contributed by atoms with Gasteiger partial charge < -0.3 is 0 Å². The summed E-state index contributed by atoms with van der Waals surface area (Å²) >= 11 is 1.55. The summed E-state index contributed by atoms with van der Waals surface area (Å²) in [5, 5.41) is 5.39. The Morgan fingerprint density at radius 3 is 2.95 bits per heavy atom.